The van der Waals surface area contributed by atoms with E-state index in [9.17, 15) is 9.18 Å². The zero-order valence-corrected chi connectivity index (χ0v) is 6.61. The van der Waals surface area contributed by atoms with E-state index < -0.39 is 18.2 Å². The monoisotopic (exact) mass is 182 g/mol. The second-order valence-electron chi connectivity index (χ2n) is 2.87. The molecule has 0 amide bonds. The van der Waals surface area contributed by atoms with Crippen molar-refractivity contribution in [2.75, 3.05) is 0 Å². The summed E-state index contributed by atoms with van der Waals surface area (Å²) in [6.07, 6.45) is -1.16. The Balaban J connectivity index is 2.12. The van der Waals surface area contributed by atoms with Gasteiger partial charge in [-0.15, -0.1) is 0 Å². The minimum Gasteiger partial charge on any atom is -0.479 e. The van der Waals surface area contributed by atoms with E-state index in [1.807, 2.05) is 0 Å². The highest BCUT2D eigenvalue weighted by molar-refractivity contribution is 5.76. The van der Waals surface area contributed by atoms with E-state index in [1.165, 1.54) is 24.3 Å². The fraction of sp³-hybridized carbons (Fsp3) is 0.222. The van der Waals surface area contributed by atoms with Crippen molar-refractivity contribution in [2.45, 2.75) is 12.2 Å². The highest BCUT2D eigenvalue weighted by Gasteiger charge is 2.46. The first-order valence-corrected chi connectivity index (χ1v) is 3.82. The van der Waals surface area contributed by atoms with Crippen molar-refractivity contribution in [1.82, 2.24) is 0 Å². The van der Waals surface area contributed by atoms with E-state index in [0.717, 1.165) is 0 Å². The Morgan fingerprint density at radius 2 is 2.00 bits per heavy atom. The van der Waals surface area contributed by atoms with Gasteiger partial charge in [0.15, 0.2) is 6.10 Å². The molecule has 0 unspecified atom stereocenters. The molecule has 1 heterocycles. The van der Waals surface area contributed by atoms with Crippen molar-refractivity contribution in [3.63, 3.8) is 0 Å². The topological polar surface area (TPSA) is 49.8 Å². The summed E-state index contributed by atoms with van der Waals surface area (Å²) >= 11 is 0. The van der Waals surface area contributed by atoms with Crippen LogP contribution < -0.4 is 0 Å². The lowest BCUT2D eigenvalue weighted by Crippen LogP contribution is -2.04. The Bertz CT molecular complexity index is 333. The fourth-order valence-electron chi connectivity index (χ4n) is 1.21. The third-order valence-electron chi connectivity index (χ3n) is 1.93. The molecule has 1 aliphatic rings. The number of carbonyl (C=O) groups is 1. The molecule has 0 spiro atoms. The Kier molecular flexibility index (Phi) is 1.77. The number of halogens is 1. The maximum Gasteiger partial charge on any atom is 0.335 e. The maximum absolute atomic E-state index is 12.5. The van der Waals surface area contributed by atoms with Crippen molar-refractivity contribution in [1.29, 1.82) is 0 Å². The van der Waals surface area contributed by atoms with E-state index in [0.29, 0.717) is 5.56 Å². The van der Waals surface area contributed by atoms with Gasteiger partial charge in [-0.3, -0.25) is 0 Å². The lowest BCUT2D eigenvalue weighted by Gasteiger charge is -1.93. The Hall–Kier alpha value is -1.42. The van der Waals surface area contributed by atoms with E-state index in [-0.39, 0.29) is 5.82 Å². The first-order valence-electron chi connectivity index (χ1n) is 3.82. The molecule has 1 aliphatic heterocycles. The number of aliphatic carboxylic acids is 1. The van der Waals surface area contributed by atoms with Crippen LogP contribution >= 0.6 is 0 Å². The van der Waals surface area contributed by atoms with Gasteiger partial charge < -0.3 is 9.84 Å². The molecule has 4 heteroatoms. The summed E-state index contributed by atoms with van der Waals surface area (Å²) in [4.78, 5) is 10.4. The number of carboxylic acids is 1. The molecule has 1 aromatic rings. The van der Waals surface area contributed by atoms with Gasteiger partial charge in [-0.05, 0) is 17.7 Å². The lowest BCUT2D eigenvalue weighted by molar-refractivity contribution is -0.138. The number of benzene rings is 1. The molecule has 1 fully saturated rings. The maximum atomic E-state index is 12.5. The van der Waals surface area contributed by atoms with Crippen molar-refractivity contribution >= 4 is 5.97 Å². The Morgan fingerprint density at radius 1 is 1.38 bits per heavy atom. The van der Waals surface area contributed by atoms with Crippen molar-refractivity contribution in [3.05, 3.63) is 35.6 Å². The quantitative estimate of drug-likeness (QED) is 0.702. The minimum atomic E-state index is -0.977. The van der Waals surface area contributed by atoms with Crippen LogP contribution in [0.3, 0.4) is 0 Å². The third kappa shape index (κ3) is 1.53. The van der Waals surface area contributed by atoms with Crippen LogP contribution in [0.1, 0.15) is 11.7 Å². The van der Waals surface area contributed by atoms with Gasteiger partial charge in [-0.2, -0.15) is 0 Å². The summed E-state index contributed by atoms with van der Waals surface area (Å²) in [5.41, 5.74) is 0.703. The summed E-state index contributed by atoms with van der Waals surface area (Å²) in [6, 6.07) is 5.64. The molecule has 3 nitrogen and oxygen atoms in total. The minimum absolute atomic E-state index is 0.337. The SMILES string of the molecule is O=C(O)[C@H]1O[C@@H]1c1ccc(F)cc1. The predicted octanol–water partition coefficient (Wildman–Crippen LogP) is 1.35. The molecule has 0 aromatic heterocycles. The average molecular weight is 182 g/mol. The summed E-state index contributed by atoms with van der Waals surface area (Å²) in [5.74, 6) is -1.31. The molecule has 0 saturated carbocycles. The molecular formula is C9H7FO3. The van der Waals surface area contributed by atoms with Gasteiger partial charge in [0.05, 0.1) is 0 Å². The third-order valence-corrected chi connectivity index (χ3v) is 1.93. The molecule has 0 bridgehead atoms. The van der Waals surface area contributed by atoms with Crippen LogP contribution in [0, 0.1) is 5.82 Å². The van der Waals surface area contributed by atoms with Crippen LogP contribution in [0.25, 0.3) is 0 Å². The van der Waals surface area contributed by atoms with E-state index >= 15 is 0 Å². The highest BCUT2D eigenvalue weighted by Crippen LogP contribution is 2.38. The first-order chi connectivity index (χ1) is 6.18. The first kappa shape index (κ1) is 8.19. The van der Waals surface area contributed by atoms with Gasteiger partial charge in [0.1, 0.15) is 11.9 Å². The largest absolute Gasteiger partial charge is 0.479 e. The number of rotatable bonds is 2. The molecule has 13 heavy (non-hydrogen) atoms. The average Bonchev–Trinajstić information content (AvgIpc) is 2.85. The van der Waals surface area contributed by atoms with Crippen LogP contribution in [0.4, 0.5) is 4.39 Å². The normalized spacial score (nSPS) is 25.6. The Labute approximate surface area is 73.8 Å². The van der Waals surface area contributed by atoms with Gasteiger partial charge in [-0.25, -0.2) is 9.18 Å². The molecule has 0 radical (unpaired) electrons. The van der Waals surface area contributed by atoms with Crippen molar-refractivity contribution in [2.24, 2.45) is 0 Å². The smallest absolute Gasteiger partial charge is 0.335 e. The zero-order valence-electron chi connectivity index (χ0n) is 6.61. The summed E-state index contributed by atoms with van der Waals surface area (Å²) in [7, 11) is 0. The molecule has 1 N–H and O–H groups in total. The van der Waals surface area contributed by atoms with Crippen molar-refractivity contribution < 1.29 is 19.0 Å². The summed E-state index contributed by atoms with van der Waals surface area (Å²) in [5, 5.41) is 8.54. The molecule has 68 valence electrons. The molecular weight excluding hydrogens is 175 g/mol. The second kappa shape index (κ2) is 2.81. The van der Waals surface area contributed by atoms with Crippen molar-refractivity contribution in [3.8, 4) is 0 Å². The number of ether oxygens (including phenoxy) is 1. The zero-order chi connectivity index (χ0) is 9.42. The molecule has 2 atom stereocenters. The van der Waals surface area contributed by atoms with E-state index in [1.54, 1.807) is 0 Å². The van der Waals surface area contributed by atoms with E-state index in [2.05, 4.69) is 0 Å². The molecule has 0 aliphatic carbocycles. The van der Waals surface area contributed by atoms with Crippen LogP contribution in [-0.2, 0) is 9.53 Å². The number of epoxide rings is 1. The fourth-order valence-corrected chi connectivity index (χ4v) is 1.21. The Morgan fingerprint density at radius 3 is 2.46 bits per heavy atom. The number of carboxylic acid groups (broad SMARTS) is 1. The van der Waals surface area contributed by atoms with Crippen LogP contribution in [-0.4, -0.2) is 17.2 Å². The van der Waals surface area contributed by atoms with Gasteiger partial charge in [0, 0.05) is 0 Å². The number of hydrogen-bond acceptors (Lipinski definition) is 2. The summed E-state index contributed by atoms with van der Waals surface area (Å²) in [6.45, 7) is 0. The van der Waals surface area contributed by atoms with Gasteiger partial charge in [0.25, 0.3) is 0 Å². The lowest BCUT2D eigenvalue weighted by atomic mass is 10.1. The second-order valence-corrected chi connectivity index (χ2v) is 2.87. The standard InChI is InChI=1S/C9H7FO3/c10-6-3-1-5(2-4-6)7-8(13-7)9(11)12/h1-4,7-8H,(H,11,12)/t7-,8+/m1/s1. The van der Waals surface area contributed by atoms with E-state index in [4.69, 9.17) is 9.84 Å². The highest BCUT2D eigenvalue weighted by atomic mass is 19.1. The van der Waals surface area contributed by atoms with Gasteiger partial charge >= 0.3 is 5.97 Å². The number of hydrogen-bond donors (Lipinski definition) is 1. The van der Waals surface area contributed by atoms with Gasteiger partial charge in [0.2, 0.25) is 0 Å². The van der Waals surface area contributed by atoms with Crippen LogP contribution in [0.5, 0.6) is 0 Å². The molecule has 1 aromatic carbocycles. The van der Waals surface area contributed by atoms with Gasteiger partial charge in [-0.1, -0.05) is 12.1 Å². The predicted molar refractivity (Wildman–Crippen MR) is 41.6 cm³/mol. The van der Waals surface area contributed by atoms with Crippen LogP contribution in [0.2, 0.25) is 0 Å². The molecule has 2 rings (SSSR count). The summed E-state index contributed by atoms with van der Waals surface area (Å²) < 4.78 is 17.4. The molecule has 1 saturated heterocycles. The van der Waals surface area contributed by atoms with Crippen LogP contribution in [0.15, 0.2) is 24.3 Å².